The Hall–Kier alpha value is -1.56. The number of rotatable bonds is 1. The van der Waals surface area contributed by atoms with Gasteiger partial charge in [0.2, 0.25) is 6.41 Å². The second-order valence-electron chi connectivity index (χ2n) is 1.65. The van der Waals surface area contributed by atoms with Gasteiger partial charge in [-0.25, -0.2) is 4.79 Å². The molecule has 1 rings (SSSR count). The Labute approximate surface area is 72.6 Å². The fourth-order valence-corrected chi connectivity index (χ4v) is 1.15. The fourth-order valence-electron chi connectivity index (χ4n) is 0.493. The number of carbonyl (C=O) groups excluding carboxylic acids is 1. The lowest BCUT2D eigenvalue weighted by atomic mass is 10.4. The number of hydrogen-bond donors (Lipinski definition) is 3. The van der Waals surface area contributed by atoms with Gasteiger partial charge in [-0.15, -0.1) is 11.3 Å². The highest BCUT2D eigenvalue weighted by molar-refractivity contribution is 7.12. The van der Waals surface area contributed by atoms with E-state index in [1.54, 1.807) is 11.4 Å². The minimum Gasteiger partial charge on any atom is -0.477 e. The normalized spacial score (nSPS) is 8.00. The lowest BCUT2D eigenvalue weighted by Crippen LogP contribution is -1.96. The molecule has 1 heterocycles. The molecule has 0 saturated carbocycles. The summed E-state index contributed by atoms with van der Waals surface area (Å²) in [4.78, 5) is 19.0. The Bertz CT molecular complexity index is 272. The third-order valence-corrected chi connectivity index (χ3v) is 1.81. The Balaban J connectivity index is 0.000000354. The maximum absolute atomic E-state index is 10.2. The van der Waals surface area contributed by atoms with Crippen molar-refractivity contribution in [3.05, 3.63) is 16.3 Å². The van der Waals surface area contributed by atoms with E-state index in [1.807, 2.05) is 0 Å². The van der Waals surface area contributed by atoms with Crippen LogP contribution in [0.4, 0.5) is 5.69 Å². The molecule has 0 unspecified atom stereocenters. The van der Waals surface area contributed by atoms with Crippen molar-refractivity contribution in [1.29, 1.82) is 0 Å². The van der Waals surface area contributed by atoms with Crippen molar-refractivity contribution in [3.8, 4) is 0 Å². The molecule has 0 spiro atoms. The number of nitrogen functional groups attached to an aromatic ring is 1. The third kappa shape index (κ3) is 3.02. The number of carbonyl (C=O) groups is 2. The zero-order valence-electron chi connectivity index (χ0n) is 6.06. The summed E-state index contributed by atoms with van der Waals surface area (Å²) in [5.74, 6) is -0.956. The summed E-state index contributed by atoms with van der Waals surface area (Å²) in [6.45, 7) is 0. The molecule has 0 fully saturated rings. The molecule has 66 valence electrons. The summed E-state index contributed by atoms with van der Waals surface area (Å²) in [6, 6.07) is 1.58. The molecule has 0 aliphatic rings. The Morgan fingerprint density at radius 3 is 2.33 bits per heavy atom. The number of hydrogen-bond acceptors (Lipinski definition) is 4. The van der Waals surface area contributed by atoms with Gasteiger partial charge in [-0.2, -0.15) is 0 Å². The first-order valence-corrected chi connectivity index (χ1v) is 3.73. The average molecular weight is 188 g/mol. The van der Waals surface area contributed by atoms with Gasteiger partial charge in [-0.05, 0) is 11.4 Å². The van der Waals surface area contributed by atoms with Gasteiger partial charge in [0.05, 0.1) is 5.69 Å². The SMILES string of the molecule is NC=O.Nc1ccsc1C(=O)O. The predicted molar refractivity (Wildman–Crippen MR) is 45.9 cm³/mol. The van der Waals surface area contributed by atoms with Crippen LogP contribution in [0.5, 0.6) is 0 Å². The number of carboxylic acids is 1. The molecular weight excluding hydrogens is 180 g/mol. The Morgan fingerprint density at radius 2 is 2.17 bits per heavy atom. The highest BCUT2D eigenvalue weighted by Crippen LogP contribution is 2.17. The highest BCUT2D eigenvalue weighted by Gasteiger charge is 2.06. The van der Waals surface area contributed by atoms with Crippen LogP contribution in [0.2, 0.25) is 0 Å². The summed E-state index contributed by atoms with van der Waals surface area (Å²) in [6.07, 6.45) is 0.250. The molecule has 0 radical (unpaired) electrons. The van der Waals surface area contributed by atoms with E-state index < -0.39 is 5.97 Å². The Kier molecular flexibility index (Phi) is 4.47. The van der Waals surface area contributed by atoms with E-state index in [4.69, 9.17) is 15.6 Å². The summed E-state index contributed by atoms with van der Waals surface area (Å²) < 4.78 is 0. The van der Waals surface area contributed by atoms with Gasteiger partial charge in [0, 0.05) is 0 Å². The zero-order chi connectivity index (χ0) is 9.56. The van der Waals surface area contributed by atoms with Crippen molar-refractivity contribution in [2.75, 3.05) is 5.73 Å². The van der Waals surface area contributed by atoms with E-state index in [0.29, 0.717) is 5.69 Å². The topological polar surface area (TPSA) is 106 Å². The van der Waals surface area contributed by atoms with Crippen LogP contribution in [0.25, 0.3) is 0 Å². The van der Waals surface area contributed by atoms with Crippen LogP contribution in [0, 0.1) is 0 Å². The molecule has 0 bridgehead atoms. The summed E-state index contributed by atoms with van der Waals surface area (Å²) in [7, 11) is 0. The van der Waals surface area contributed by atoms with E-state index in [2.05, 4.69) is 5.73 Å². The first-order valence-electron chi connectivity index (χ1n) is 2.85. The maximum Gasteiger partial charge on any atom is 0.348 e. The van der Waals surface area contributed by atoms with Crippen molar-refractivity contribution < 1.29 is 14.7 Å². The van der Waals surface area contributed by atoms with Gasteiger partial charge >= 0.3 is 5.97 Å². The molecule has 0 atom stereocenters. The first kappa shape index (κ1) is 10.4. The first-order chi connectivity index (χ1) is 5.63. The second-order valence-corrected chi connectivity index (χ2v) is 2.56. The highest BCUT2D eigenvalue weighted by atomic mass is 32.1. The number of aromatic carboxylic acids is 1. The van der Waals surface area contributed by atoms with Gasteiger partial charge in [0.25, 0.3) is 0 Å². The molecule has 0 saturated heterocycles. The van der Waals surface area contributed by atoms with Crippen molar-refractivity contribution in [1.82, 2.24) is 0 Å². The molecule has 0 aliphatic carbocycles. The number of carboxylic acid groups (broad SMARTS) is 1. The summed E-state index contributed by atoms with van der Waals surface area (Å²) >= 11 is 1.13. The minimum absolute atomic E-state index is 0.218. The number of thiophene rings is 1. The van der Waals surface area contributed by atoms with Crippen LogP contribution in [0.1, 0.15) is 9.67 Å². The number of primary amides is 1. The lowest BCUT2D eigenvalue weighted by Gasteiger charge is -1.86. The van der Waals surface area contributed by atoms with Crippen molar-refractivity contribution in [2.45, 2.75) is 0 Å². The quantitative estimate of drug-likeness (QED) is 0.544. The largest absolute Gasteiger partial charge is 0.477 e. The van der Waals surface area contributed by atoms with E-state index in [0.717, 1.165) is 11.3 Å². The molecule has 0 aliphatic heterocycles. The Morgan fingerprint density at radius 1 is 1.67 bits per heavy atom. The lowest BCUT2D eigenvalue weighted by molar-refractivity contribution is -0.106. The van der Waals surface area contributed by atoms with E-state index in [-0.39, 0.29) is 11.3 Å². The van der Waals surface area contributed by atoms with Gasteiger partial charge in [0.1, 0.15) is 4.88 Å². The van der Waals surface area contributed by atoms with Gasteiger partial charge in [0.15, 0.2) is 0 Å². The standard InChI is InChI=1S/C5H5NO2S.CH3NO/c6-3-1-2-9-4(3)5(7)8;2-1-3/h1-2H,6H2,(H,7,8);1H,(H2,2,3). The van der Waals surface area contributed by atoms with Crippen molar-refractivity contribution in [3.63, 3.8) is 0 Å². The van der Waals surface area contributed by atoms with Crippen LogP contribution < -0.4 is 11.5 Å². The summed E-state index contributed by atoms with van der Waals surface area (Å²) in [5, 5.41) is 10.0. The van der Waals surface area contributed by atoms with Crippen LogP contribution in [0.3, 0.4) is 0 Å². The second kappa shape index (κ2) is 5.14. The predicted octanol–water partition coefficient (Wildman–Crippen LogP) is 0.130. The molecule has 1 aromatic heterocycles. The third-order valence-electron chi connectivity index (χ3n) is 0.890. The van der Waals surface area contributed by atoms with Crippen molar-refractivity contribution >= 4 is 29.4 Å². The van der Waals surface area contributed by atoms with E-state index in [1.165, 1.54) is 0 Å². The molecular formula is C6H8N2O3S. The monoisotopic (exact) mass is 188 g/mol. The molecule has 5 N–H and O–H groups in total. The van der Waals surface area contributed by atoms with Crippen LogP contribution in [-0.4, -0.2) is 17.5 Å². The number of anilines is 1. The molecule has 5 nitrogen and oxygen atoms in total. The van der Waals surface area contributed by atoms with Crippen LogP contribution in [0.15, 0.2) is 11.4 Å². The average Bonchev–Trinajstić information content (AvgIpc) is 2.36. The molecule has 12 heavy (non-hydrogen) atoms. The van der Waals surface area contributed by atoms with E-state index in [9.17, 15) is 4.79 Å². The minimum atomic E-state index is -0.956. The van der Waals surface area contributed by atoms with Gasteiger partial charge in [-0.3, -0.25) is 4.79 Å². The van der Waals surface area contributed by atoms with Gasteiger partial charge < -0.3 is 16.6 Å². The van der Waals surface area contributed by atoms with Gasteiger partial charge in [-0.1, -0.05) is 0 Å². The number of nitrogens with two attached hydrogens (primary N) is 2. The molecule has 1 amide bonds. The van der Waals surface area contributed by atoms with Crippen LogP contribution >= 0.6 is 11.3 Å². The molecule has 0 aromatic carbocycles. The maximum atomic E-state index is 10.2. The number of amides is 1. The summed E-state index contributed by atoms with van der Waals surface area (Å²) in [5.41, 5.74) is 9.78. The fraction of sp³-hybridized carbons (Fsp3) is 0. The van der Waals surface area contributed by atoms with Crippen molar-refractivity contribution in [2.24, 2.45) is 5.73 Å². The zero-order valence-corrected chi connectivity index (χ0v) is 6.88. The van der Waals surface area contributed by atoms with Crippen LogP contribution in [-0.2, 0) is 4.79 Å². The molecule has 1 aromatic rings. The smallest absolute Gasteiger partial charge is 0.348 e. The molecule has 6 heteroatoms. The van der Waals surface area contributed by atoms with E-state index >= 15 is 0 Å².